The van der Waals surface area contributed by atoms with Gasteiger partial charge in [0.2, 0.25) is 10.0 Å². The zero-order valence-electron chi connectivity index (χ0n) is 12.8. The first kappa shape index (κ1) is 16.3. The van der Waals surface area contributed by atoms with E-state index in [-0.39, 0.29) is 16.9 Å². The van der Waals surface area contributed by atoms with Crippen LogP contribution in [0.25, 0.3) is 0 Å². The summed E-state index contributed by atoms with van der Waals surface area (Å²) in [4.78, 5) is 2.24. The molecule has 1 aliphatic rings. The van der Waals surface area contributed by atoms with E-state index in [1.54, 1.807) is 32.0 Å². The highest BCUT2D eigenvalue weighted by molar-refractivity contribution is 7.89. The average Bonchev–Trinajstić information content (AvgIpc) is 2.40. The van der Waals surface area contributed by atoms with E-state index in [4.69, 9.17) is 0 Å². The van der Waals surface area contributed by atoms with Crippen molar-refractivity contribution in [1.29, 1.82) is 0 Å². The summed E-state index contributed by atoms with van der Waals surface area (Å²) < 4.78 is 27.5. The van der Waals surface area contributed by atoms with Crippen LogP contribution in [-0.2, 0) is 10.0 Å². The third-order valence-corrected chi connectivity index (χ3v) is 5.51. The highest BCUT2D eigenvalue weighted by atomic mass is 32.2. The normalized spacial score (nSPS) is 23.6. The van der Waals surface area contributed by atoms with Gasteiger partial charge in [-0.3, -0.25) is 0 Å². The molecule has 6 heteroatoms. The molecule has 1 fully saturated rings. The molecule has 1 heterocycles. The second-order valence-corrected chi connectivity index (χ2v) is 7.71. The third-order valence-electron chi connectivity index (χ3n) is 3.80. The second-order valence-electron chi connectivity index (χ2n) is 6.02. The van der Waals surface area contributed by atoms with E-state index < -0.39 is 16.1 Å². The van der Waals surface area contributed by atoms with Gasteiger partial charge in [-0.15, -0.1) is 0 Å². The molecule has 2 atom stereocenters. The summed E-state index contributed by atoms with van der Waals surface area (Å²) in [5, 5.41) is 10.0. The number of sulfonamides is 1. The molecule has 0 amide bonds. The van der Waals surface area contributed by atoms with Crippen LogP contribution in [0, 0.1) is 5.92 Å². The van der Waals surface area contributed by atoms with Crippen molar-refractivity contribution in [2.75, 3.05) is 18.0 Å². The number of hydrogen-bond donors (Lipinski definition) is 2. The number of aliphatic hydroxyl groups excluding tert-OH is 1. The van der Waals surface area contributed by atoms with Crippen LogP contribution in [0.15, 0.2) is 29.2 Å². The van der Waals surface area contributed by atoms with Crippen LogP contribution in [0.5, 0.6) is 0 Å². The van der Waals surface area contributed by atoms with E-state index >= 15 is 0 Å². The molecule has 0 aromatic heterocycles. The van der Waals surface area contributed by atoms with E-state index in [1.807, 2.05) is 17.9 Å². The van der Waals surface area contributed by atoms with Crippen molar-refractivity contribution in [3.63, 3.8) is 0 Å². The van der Waals surface area contributed by atoms with Crippen molar-refractivity contribution in [1.82, 2.24) is 4.72 Å². The number of anilines is 1. The molecule has 5 nitrogen and oxygen atoms in total. The number of β-amino-alcohol motifs (C(OH)–C–C–N with tert-alkyl or cyclic N) is 1. The molecule has 2 unspecified atom stereocenters. The molecule has 0 aliphatic carbocycles. The maximum atomic E-state index is 12.5. The smallest absolute Gasteiger partial charge is 0.242 e. The zero-order valence-corrected chi connectivity index (χ0v) is 13.6. The highest BCUT2D eigenvalue weighted by Crippen LogP contribution is 2.29. The van der Waals surface area contributed by atoms with Gasteiger partial charge >= 0.3 is 0 Å². The lowest BCUT2D eigenvalue weighted by Crippen LogP contribution is -2.43. The molecule has 2 N–H and O–H groups in total. The molecule has 1 saturated heterocycles. The van der Waals surface area contributed by atoms with Crippen molar-refractivity contribution in [3.05, 3.63) is 24.3 Å². The summed E-state index contributed by atoms with van der Waals surface area (Å²) in [6, 6.07) is 6.81. The number of nitrogens with zero attached hydrogens (tertiary/aromatic N) is 1. The molecule has 0 spiro atoms. The van der Waals surface area contributed by atoms with E-state index in [1.165, 1.54) is 0 Å². The number of para-hydroxylation sites is 1. The molecule has 0 radical (unpaired) electrons. The Morgan fingerprint density at radius 2 is 2.00 bits per heavy atom. The van der Waals surface area contributed by atoms with Gasteiger partial charge in [-0.1, -0.05) is 19.1 Å². The lowest BCUT2D eigenvalue weighted by molar-refractivity contribution is 0.103. The molecule has 0 saturated carbocycles. The minimum absolute atomic E-state index is 0.157. The number of hydrogen-bond acceptors (Lipinski definition) is 4. The molecule has 118 valence electrons. The first-order chi connectivity index (χ1) is 9.81. The van der Waals surface area contributed by atoms with Gasteiger partial charge in [0.1, 0.15) is 4.90 Å². The fourth-order valence-electron chi connectivity index (χ4n) is 2.59. The Morgan fingerprint density at radius 3 is 2.62 bits per heavy atom. The van der Waals surface area contributed by atoms with Gasteiger partial charge in [-0.25, -0.2) is 13.1 Å². The van der Waals surface area contributed by atoms with E-state index in [2.05, 4.69) is 4.72 Å². The molecule has 2 rings (SSSR count). The van der Waals surface area contributed by atoms with Crippen LogP contribution in [0.4, 0.5) is 5.69 Å². The van der Waals surface area contributed by atoms with Crippen molar-refractivity contribution in [2.24, 2.45) is 5.92 Å². The Hall–Kier alpha value is -1.11. The minimum atomic E-state index is -3.54. The Labute approximate surface area is 127 Å². The van der Waals surface area contributed by atoms with Crippen LogP contribution < -0.4 is 9.62 Å². The van der Waals surface area contributed by atoms with Gasteiger partial charge in [-0.05, 0) is 38.3 Å². The molecule has 1 aromatic carbocycles. The summed E-state index contributed by atoms with van der Waals surface area (Å²) >= 11 is 0. The molecular weight excluding hydrogens is 288 g/mol. The maximum Gasteiger partial charge on any atom is 0.242 e. The number of benzene rings is 1. The molecule has 1 aliphatic heterocycles. The van der Waals surface area contributed by atoms with Crippen molar-refractivity contribution >= 4 is 15.7 Å². The Morgan fingerprint density at radius 1 is 1.33 bits per heavy atom. The predicted octanol–water partition coefficient (Wildman–Crippen LogP) is 1.58. The van der Waals surface area contributed by atoms with Gasteiger partial charge in [0.25, 0.3) is 0 Å². The summed E-state index contributed by atoms with van der Waals surface area (Å²) in [6.45, 7) is 6.84. The zero-order chi connectivity index (χ0) is 15.6. The third kappa shape index (κ3) is 3.75. The van der Waals surface area contributed by atoms with Gasteiger partial charge in [0, 0.05) is 19.1 Å². The highest BCUT2D eigenvalue weighted by Gasteiger charge is 2.28. The molecular formula is C15H24N2O3S. The number of nitrogens with one attached hydrogen (secondary N) is 1. The first-order valence-electron chi connectivity index (χ1n) is 7.35. The minimum Gasteiger partial charge on any atom is -0.391 e. The lowest BCUT2D eigenvalue weighted by atomic mass is 9.96. The number of aliphatic hydroxyl groups is 1. The Balaban J connectivity index is 2.34. The van der Waals surface area contributed by atoms with Crippen LogP contribution in [0.2, 0.25) is 0 Å². The standard InChI is InChI=1S/C15H24N2O3S/c1-11(2)16-21(19,20)15-7-5-4-6-13(15)17-9-8-12(3)14(18)10-17/h4-7,11-12,14,16,18H,8-10H2,1-3H3. The quantitative estimate of drug-likeness (QED) is 0.885. The van der Waals surface area contributed by atoms with E-state index in [9.17, 15) is 13.5 Å². The molecule has 21 heavy (non-hydrogen) atoms. The van der Waals surface area contributed by atoms with Gasteiger partial charge in [-0.2, -0.15) is 0 Å². The molecule has 1 aromatic rings. The van der Waals surface area contributed by atoms with Crippen LogP contribution in [0.3, 0.4) is 0 Å². The van der Waals surface area contributed by atoms with Crippen LogP contribution in [-0.4, -0.2) is 38.8 Å². The van der Waals surface area contributed by atoms with Crippen molar-refractivity contribution in [3.8, 4) is 0 Å². The monoisotopic (exact) mass is 312 g/mol. The lowest BCUT2D eigenvalue weighted by Gasteiger charge is -2.36. The average molecular weight is 312 g/mol. The predicted molar refractivity (Wildman–Crippen MR) is 83.9 cm³/mol. The van der Waals surface area contributed by atoms with Gasteiger partial charge in [0.15, 0.2) is 0 Å². The summed E-state index contributed by atoms with van der Waals surface area (Å²) in [6.07, 6.45) is 0.431. The second kappa shape index (κ2) is 6.34. The van der Waals surface area contributed by atoms with Crippen LogP contribution >= 0.6 is 0 Å². The Kier molecular flexibility index (Phi) is 4.91. The SMILES string of the molecule is CC(C)NS(=O)(=O)c1ccccc1N1CCC(C)C(O)C1. The maximum absolute atomic E-state index is 12.5. The van der Waals surface area contributed by atoms with Crippen molar-refractivity contribution < 1.29 is 13.5 Å². The Bertz CT molecular complexity index is 586. The summed E-state index contributed by atoms with van der Waals surface area (Å²) in [5.41, 5.74) is 0.664. The first-order valence-corrected chi connectivity index (χ1v) is 8.84. The number of piperidine rings is 1. The van der Waals surface area contributed by atoms with Crippen LogP contribution in [0.1, 0.15) is 27.2 Å². The molecule has 0 bridgehead atoms. The van der Waals surface area contributed by atoms with Gasteiger partial charge < -0.3 is 10.0 Å². The van der Waals surface area contributed by atoms with Gasteiger partial charge in [0.05, 0.1) is 11.8 Å². The summed E-state index contributed by atoms with van der Waals surface area (Å²) in [5.74, 6) is 0.249. The van der Waals surface area contributed by atoms with E-state index in [0.29, 0.717) is 12.2 Å². The number of rotatable bonds is 4. The van der Waals surface area contributed by atoms with Crippen molar-refractivity contribution in [2.45, 2.75) is 44.2 Å². The fourth-order valence-corrected chi connectivity index (χ4v) is 4.06. The topological polar surface area (TPSA) is 69.6 Å². The van der Waals surface area contributed by atoms with E-state index in [0.717, 1.165) is 13.0 Å². The summed E-state index contributed by atoms with van der Waals surface area (Å²) in [7, 11) is -3.54. The largest absolute Gasteiger partial charge is 0.391 e. The fraction of sp³-hybridized carbons (Fsp3) is 0.600.